The fraction of sp³-hybridized carbons (Fsp3) is 0.0455. The highest BCUT2D eigenvalue weighted by molar-refractivity contribution is 6.51. The van der Waals surface area contributed by atoms with E-state index < -0.39 is 29.3 Å². The molecule has 0 radical (unpaired) electrons. The number of hydrogen-bond donors (Lipinski definition) is 1. The second-order valence-corrected chi connectivity index (χ2v) is 6.85. The first-order chi connectivity index (χ1) is 14.0. The van der Waals surface area contributed by atoms with E-state index in [0.717, 1.165) is 4.90 Å². The smallest absolute Gasteiger partial charge is 0.300 e. The number of nitrogens with zero attached hydrogens (tertiary/aromatic N) is 2. The number of hydrogen-bond acceptors (Lipinski definition) is 4. The molecule has 1 amide bonds. The Morgan fingerprint density at radius 1 is 1.03 bits per heavy atom. The molecule has 1 unspecified atom stereocenters. The lowest BCUT2D eigenvalue weighted by molar-refractivity contribution is -0.132. The molecular weight excluding hydrogens is 395 g/mol. The summed E-state index contributed by atoms with van der Waals surface area (Å²) in [6.45, 7) is 0. The van der Waals surface area contributed by atoms with Gasteiger partial charge in [0.05, 0.1) is 23.5 Å². The lowest BCUT2D eigenvalue weighted by Gasteiger charge is -2.25. The van der Waals surface area contributed by atoms with Crippen molar-refractivity contribution in [1.82, 2.24) is 4.98 Å². The van der Waals surface area contributed by atoms with Gasteiger partial charge in [-0.1, -0.05) is 29.8 Å². The molecule has 144 valence electrons. The van der Waals surface area contributed by atoms with Crippen LogP contribution in [0.15, 0.2) is 78.6 Å². The molecule has 2 aromatic carbocycles. The third-order valence-corrected chi connectivity index (χ3v) is 4.94. The molecule has 0 saturated carbocycles. The minimum atomic E-state index is -1.14. The summed E-state index contributed by atoms with van der Waals surface area (Å²) in [5.74, 6) is -2.79. The largest absolute Gasteiger partial charge is 0.507 e. The number of aliphatic hydroxyl groups excluding tert-OH is 1. The van der Waals surface area contributed by atoms with Crippen molar-refractivity contribution in [3.8, 4) is 0 Å². The third-order valence-electron chi connectivity index (χ3n) is 4.69. The Morgan fingerprint density at radius 2 is 1.76 bits per heavy atom. The van der Waals surface area contributed by atoms with Crippen molar-refractivity contribution in [2.24, 2.45) is 0 Å². The van der Waals surface area contributed by atoms with Gasteiger partial charge in [0.1, 0.15) is 11.6 Å². The summed E-state index contributed by atoms with van der Waals surface area (Å²) in [5, 5.41) is 11.3. The lowest BCUT2D eigenvalue weighted by atomic mass is 9.95. The zero-order chi connectivity index (χ0) is 20.5. The second kappa shape index (κ2) is 7.48. The van der Waals surface area contributed by atoms with Gasteiger partial charge in [0.2, 0.25) is 0 Å². The zero-order valence-corrected chi connectivity index (χ0v) is 15.7. The monoisotopic (exact) mass is 408 g/mol. The number of halogens is 2. The average molecular weight is 409 g/mol. The van der Waals surface area contributed by atoms with E-state index in [0.29, 0.717) is 16.3 Å². The number of carbonyl (C=O) groups excluding carboxylic acids is 2. The van der Waals surface area contributed by atoms with Crippen molar-refractivity contribution in [3.63, 3.8) is 0 Å². The highest BCUT2D eigenvalue weighted by Gasteiger charge is 2.47. The van der Waals surface area contributed by atoms with Crippen LogP contribution >= 0.6 is 11.6 Å². The molecule has 4 rings (SSSR count). The summed E-state index contributed by atoms with van der Waals surface area (Å²) in [6.07, 6.45) is 2.92. The Morgan fingerprint density at radius 3 is 2.41 bits per heavy atom. The fourth-order valence-corrected chi connectivity index (χ4v) is 3.48. The van der Waals surface area contributed by atoms with E-state index in [1.807, 2.05) is 0 Å². The van der Waals surface area contributed by atoms with Gasteiger partial charge in [-0.25, -0.2) is 4.39 Å². The number of ketones is 1. The molecule has 29 heavy (non-hydrogen) atoms. The Hall–Kier alpha value is -3.51. The highest BCUT2D eigenvalue weighted by Crippen LogP contribution is 2.42. The summed E-state index contributed by atoms with van der Waals surface area (Å²) in [6, 6.07) is 14.0. The van der Waals surface area contributed by atoms with Gasteiger partial charge in [0.25, 0.3) is 11.7 Å². The van der Waals surface area contributed by atoms with Gasteiger partial charge in [-0.05, 0) is 42.5 Å². The fourth-order valence-electron chi connectivity index (χ4n) is 3.35. The van der Waals surface area contributed by atoms with E-state index in [1.54, 1.807) is 30.3 Å². The number of aliphatic hydroxyl groups is 1. The van der Waals surface area contributed by atoms with Crippen molar-refractivity contribution in [3.05, 3.63) is 101 Å². The van der Waals surface area contributed by atoms with Gasteiger partial charge in [-0.2, -0.15) is 0 Å². The molecule has 1 N–H and O–H groups in total. The number of anilines is 1. The molecule has 7 heteroatoms. The van der Waals surface area contributed by atoms with Gasteiger partial charge in [0.15, 0.2) is 0 Å². The quantitative estimate of drug-likeness (QED) is 0.393. The number of carbonyl (C=O) groups is 2. The molecule has 1 aromatic heterocycles. The molecule has 3 aromatic rings. The first-order valence-electron chi connectivity index (χ1n) is 8.70. The predicted octanol–water partition coefficient (Wildman–Crippen LogP) is 4.50. The van der Waals surface area contributed by atoms with E-state index in [2.05, 4.69) is 4.98 Å². The zero-order valence-electron chi connectivity index (χ0n) is 14.9. The normalized spacial score (nSPS) is 18.3. The van der Waals surface area contributed by atoms with Gasteiger partial charge in [-0.15, -0.1) is 0 Å². The average Bonchev–Trinajstić information content (AvgIpc) is 3.00. The summed E-state index contributed by atoms with van der Waals surface area (Å²) in [5.41, 5.74) is 0.496. The SMILES string of the molecule is O=C1C(=O)N(c2cccnc2)C(c2ccccc2F)C1=C(O)c1ccc(Cl)cc1. The summed E-state index contributed by atoms with van der Waals surface area (Å²) in [4.78, 5) is 30.9. The number of rotatable bonds is 3. The first-order valence-corrected chi connectivity index (χ1v) is 9.08. The van der Waals surface area contributed by atoms with E-state index in [-0.39, 0.29) is 11.1 Å². The minimum Gasteiger partial charge on any atom is -0.507 e. The minimum absolute atomic E-state index is 0.0890. The van der Waals surface area contributed by atoms with Crippen molar-refractivity contribution >= 4 is 34.7 Å². The van der Waals surface area contributed by atoms with Crippen LogP contribution in [0.2, 0.25) is 5.02 Å². The second-order valence-electron chi connectivity index (χ2n) is 6.41. The molecule has 0 aliphatic carbocycles. The molecule has 0 spiro atoms. The van der Waals surface area contributed by atoms with Gasteiger partial charge in [0, 0.05) is 22.3 Å². The number of amides is 1. The predicted molar refractivity (Wildman–Crippen MR) is 107 cm³/mol. The van der Waals surface area contributed by atoms with E-state index in [1.165, 1.54) is 42.7 Å². The van der Waals surface area contributed by atoms with Crippen LogP contribution in [0.25, 0.3) is 5.76 Å². The summed E-state index contributed by atoms with van der Waals surface area (Å²) < 4.78 is 14.7. The highest BCUT2D eigenvalue weighted by atomic mass is 35.5. The molecule has 1 aliphatic heterocycles. The van der Waals surface area contributed by atoms with Crippen LogP contribution in [0.3, 0.4) is 0 Å². The Labute approximate surface area is 170 Å². The maximum atomic E-state index is 14.7. The Balaban J connectivity index is 1.97. The van der Waals surface area contributed by atoms with Crippen LogP contribution in [0.4, 0.5) is 10.1 Å². The van der Waals surface area contributed by atoms with E-state index in [4.69, 9.17) is 11.6 Å². The Bertz CT molecular complexity index is 1130. The number of pyridine rings is 1. The summed E-state index contributed by atoms with van der Waals surface area (Å²) in [7, 11) is 0. The van der Waals surface area contributed by atoms with Crippen LogP contribution < -0.4 is 4.90 Å². The van der Waals surface area contributed by atoms with E-state index in [9.17, 15) is 19.1 Å². The van der Waals surface area contributed by atoms with Gasteiger partial charge >= 0.3 is 0 Å². The van der Waals surface area contributed by atoms with Crippen LogP contribution in [0.5, 0.6) is 0 Å². The molecular formula is C22H14ClFN2O3. The maximum Gasteiger partial charge on any atom is 0.300 e. The lowest BCUT2D eigenvalue weighted by Crippen LogP contribution is -2.29. The first kappa shape index (κ1) is 18.8. The molecule has 0 bridgehead atoms. The number of aromatic nitrogens is 1. The van der Waals surface area contributed by atoms with Crippen molar-refractivity contribution in [2.75, 3.05) is 4.90 Å². The van der Waals surface area contributed by atoms with Gasteiger partial charge < -0.3 is 5.11 Å². The van der Waals surface area contributed by atoms with Gasteiger partial charge in [-0.3, -0.25) is 19.5 Å². The molecule has 1 saturated heterocycles. The Kier molecular flexibility index (Phi) is 4.86. The van der Waals surface area contributed by atoms with Crippen LogP contribution in [0.1, 0.15) is 17.2 Å². The molecule has 1 fully saturated rings. The number of Topliss-reactive ketones (excluding diaryl/α,β-unsaturated/α-hetero) is 1. The van der Waals surface area contributed by atoms with Crippen LogP contribution in [-0.2, 0) is 9.59 Å². The molecule has 1 atom stereocenters. The van der Waals surface area contributed by atoms with E-state index >= 15 is 0 Å². The van der Waals surface area contributed by atoms with Crippen molar-refractivity contribution in [1.29, 1.82) is 0 Å². The molecule has 2 heterocycles. The molecule has 1 aliphatic rings. The third kappa shape index (κ3) is 3.28. The van der Waals surface area contributed by atoms with Crippen molar-refractivity contribution in [2.45, 2.75) is 6.04 Å². The standard InChI is InChI=1S/C22H14ClFN2O3/c23-14-9-7-13(8-10-14)20(27)18-19(16-5-1-2-6-17(16)24)26(22(29)21(18)28)15-4-3-11-25-12-15/h1-12,19,27H. The topological polar surface area (TPSA) is 70.5 Å². The molecule has 5 nitrogen and oxygen atoms in total. The maximum absolute atomic E-state index is 14.7. The van der Waals surface area contributed by atoms with Crippen LogP contribution in [0, 0.1) is 5.82 Å². The number of benzene rings is 2. The van der Waals surface area contributed by atoms with Crippen LogP contribution in [-0.4, -0.2) is 21.8 Å². The summed E-state index contributed by atoms with van der Waals surface area (Å²) >= 11 is 5.89. The van der Waals surface area contributed by atoms with Crippen molar-refractivity contribution < 1.29 is 19.1 Å².